The SMILES string of the molecule is Cc1nn(C)c(C)c1/C=C/C(=O)N1CC(C)OC(CO)C1. The zero-order chi connectivity index (χ0) is 15.6. The maximum atomic E-state index is 12.3. The Labute approximate surface area is 125 Å². The molecule has 0 radical (unpaired) electrons. The first-order chi connectivity index (χ1) is 9.92. The summed E-state index contributed by atoms with van der Waals surface area (Å²) in [5.74, 6) is -0.0637. The van der Waals surface area contributed by atoms with Crippen molar-refractivity contribution in [1.82, 2.24) is 14.7 Å². The molecule has 0 saturated carbocycles. The smallest absolute Gasteiger partial charge is 0.246 e. The van der Waals surface area contributed by atoms with E-state index in [9.17, 15) is 9.90 Å². The Hall–Kier alpha value is -1.66. The van der Waals surface area contributed by atoms with Gasteiger partial charge in [0.25, 0.3) is 0 Å². The third-order valence-electron chi connectivity index (χ3n) is 3.80. The molecule has 2 rings (SSSR count). The van der Waals surface area contributed by atoms with Gasteiger partial charge < -0.3 is 14.7 Å². The Bertz CT molecular complexity index is 551. The molecule has 1 fully saturated rings. The van der Waals surface area contributed by atoms with E-state index in [1.54, 1.807) is 15.7 Å². The second-order valence-electron chi connectivity index (χ2n) is 5.54. The van der Waals surface area contributed by atoms with Crippen LogP contribution in [0.3, 0.4) is 0 Å². The van der Waals surface area contributed by atoms with Gasteiger partial charge in [0, 0.05) is 37.5 Å². The van der Waals surface area contributed by atoms with Gasteiger partial charge in [-0.1, -0.05) is 0 Å². The number of aryl methyl sites for hydroxylation is 2. The molecule has 1 aromatic rings. The molecule has 116 valence electrons. The highest BCUT2D eigenvalue weighted by atomic mass is 16.5. The molecule has 0 spiro atoms. The monoisotopic (exact) mass is 293 g/mol. The molecule has 1 saturated heterocycles. The van der Waals surface area contributed by atoms with Gasteiger partial charge in [-0.15, -0.1) is 0 Å². The molecule has 2 unspecified atom stereocenters. The third kappa shape index (κ3) is 3.51. The van der Waals surface area contributed by atoms with E-state index in [4.69, 9.17) is 4.74 Å². The van der Waals surface area contributed by atoms with Gasteiger partial charge in [0.15, 0.2) is 0 Å². The van der Waals surface area contributed by atoms with Crippen molar-refractivity contribution in [2.24, 2.45) is 7.05 Å². The number of carbonyl (C=O) groups is 1. The number of aromatic nitrogens is 2. The van der Waals surface area contributed by atoms with Crippen molar-refractivity contribution in [1.29, 1.82) is 0 Å². The molecule has 0 bridgehead atoms. The lowest BCUT2D eigenvalue weighted by Gasteiger charge is -2.35. The van der Waals surface area contributed by atoms with Gasteiger partial charge in [0.05, 0.1) is 24.5 Å². The van der Waals surface area contributed by atoms with Crippen LogP contribution in [-0.2, 0) is 16.6 Å². The lowest BCUT2D eigenvalue weighted by atomic mass is 10.1. The van der Waals surface area contributed by atoms with Crippen molar-refractivity contribution in [3.8, 4) is 0 Å². The first-order valence-electron chi connectivity index (χ1n) is 7.16. The summed E-state index contributed by atoms with van der Waals surface area (Å²) in [6, 6.07) is 0. The van der Waals surface area contributed by atoms with Crippen molar-refractivity contribution in [2.75, 3.05) is 19.7 Å². The van der Waals surface area contributed by atoms with Crippen LogP contribution in [0.5, 0.6) is 0 Å². The number of amides is 1. The van der Waals surface area contributed by atoms with Crippen molar-refractivity contribution >= 4 is 12.0 Å². The lowest BCUT2D eigenvalue weighted by molar-refractivity contribution is -0.142. The van der Waals surface area contributed by atoms with Gasteiger partial charge in [-0.2, -0.15) is 5.10 Å². The molecule has 2 atom stereocenters. The summed E-state index contributed by atoms with van der Waals surface area (Å²) in [5.41, 5.74) is 2.91. The molecule has 0 aliphatic carbocycles. The minimum absolute atomic E-state index is 0.0601. The topological polar surface area (TPSA) is 67.6 Å². The number of ether oxygens (including phenoxy) is 1. The van der Waals surface area contributed by atoms with Gasteiger partial charge in [0.1, 0.15) is 0 Å². The molecule has 2 heterocycles. The Morgan fingerprint density at radius 1 is 1.48 bits per heavy atom. The van der Waals surface area contributed by atoms with Crippen molar-refractivity contribution in [2.45, 2.75) is 33.0 Å². The van der Waals surface area contributed by atoms with Crippen molar-refractivity contribution < 1.29 is 14.6 Å². The quantitative estimate of drug-likeness (QED) is 0.831. The molecule has 1 amide bonds. The Kier molecular flexibility index (Phi) is 4.80. The Morgan fingerprint density at radius 3 is 2.76 bits per heavy atom. The average Bonchev–Trinajstić information content (AvgIpc) is 2.69. The molecule has 1 aliphatic rings. The number of hydrogen-bond acceptors (Lipinski definition) is 4. The summed E-state index contributed by atoms with van der Waals surface area (Å²) in [6.07, 6.45) is 3.03. The second kappa shape index (κ2) is 6.41. The first kappa shape index (κ1) is 15.7. The van der Waals surface area contributed by atoms with Gasteiger partial charge in [-0.3, -0.25) is 9.48 Å². The third-order valence-corrected chi connectivity index (χ3v) is 3.80. The number of carbonyl (C=O) groups excluding carboxylic acids is 1. The number of nitrogens with zero attached hydrogens (tertiary/aromatic N) is 3. The summed E-state index contributed by atoms with van der Waals surface area (Å²) in [4.78, 5) is 14.0. The van der Waals surface area contributed by atoms with Crippen LogP contribution in [0.2, 0.25) is 0 Å². The summed E-state index contributed by atoms with van der Waals surface area (Å²) in [7, 11) is 1.89. The molecule has 1 aromatic heterocycles. The largest absolute Gasteiger partial charge is 0.394 e. The molecular weight excluding hydrogens is 270 g/mol. The predicted molar refractivity (Wildman–Crippen MR) is 79.7 cm³/mol. The highest BCUT2D eigenvalue weighted by Crippen LogP contribution is 2.15. The van der Waals surface area contributed by atoms with Crippen LogP contribution >= 0.6 is 0 Å². The van der Waals surface area contributed by atoms with Crippen LogP contribution in [0.1, 0.15) is 23.9 Å². The Morgan fingerprint density at radius 2 is 2.19 bits per heavy atom. The van der Waals surface area contributed by atoms with Gasteiger partial charge in [-0.25, -0.2) is 0 Å². The van der Waals surface area contributed by atoms with E-state index in [-0.39, 0.29) is 24.7 Å². The zero-order valence-electron chi connectivity index (χ0n) is 13.0. The van der Waals surface area contributed by atoms with Crippen LogP contribution in [0, 0.1) is 13.8 Å². The fourth-order valence-corrected chi connectivity index (χ4v) is 2.62. The fourth-order valence-electron chi connectivity index (χ4n) is 2.62. The minimum atomic E-state index is -0.298. The summed E-state index contributed by atoms with van der Waals surface area (Å²) >= 11 is 0. The van der Waals surface area contributed by atoms with Gasteiger partial charge in [0.2, 0.25) is 5.91 Å². The van der Waals surface area contributed by atoms with Crippen LogP contribution < -0.4 is 0 Å². The second-order valence-corrected chi connectivity index (χ2v) is 5.54. The van der Waals surface area contributed by atoms with Crippen LogP contribution in [-0.4, -0.2) is 57.6 Å². The standard InChI is InChI=1S/C15H23N3O3/c1-10-7-18(8-13(9-19)21-10)15(20)6-5-14-11(2)16-17(4)12(14)3/h5-6,10,13,19H,7-9H2,1-4H3/b6-5+. The van der Waals surface area contributed by atoms with E-state index in [1.807, 2.05) is 33.9 Å². The van der Waals surface area contributed by atoms with Gasteiger partial charge >= 0.3 is 0 Å². The van der Waals surface area contributed by atoms with E-state index in [0.29, 0.717) is 13.1 Å². The molecule has 1 N–H and O–H groups in total. The summed E-state index contributed by atoms with van der Waals surface area (Å²) in [6.45, 7) is 6.71. The van der Waals surface area contributed by atoms with Crippen LogP contribution in [0.15, 0.2) is 6.08 Å². The van der Waals surface area contributed by atoms with E-state index in [1.165, 1.54) is 0 Å². The van der Waals surface area contributed by atoms with Gasteiger partial charge in [-0.05, 0) is 26.8 Å². The van der Waals surface area contributed by atoms with Crippen LogP contribution in [0.4, 0.5) is 0 Å². The number of rotatable bonds is 3. The van der Waals surface area contributed by atoms with E-state index in [2.05, 4.69) is 5.10 Å². The average molecular weight is 293 g/mol. The van der Waals surface area contributed by atoms with Crippen LogP contribution in [0.25, 0.3) is 6.08 Å². The predicted octanol–water partition coefficient (Wildman–Crippen LogP) is 0.658. The molecular formula is C15H23N3O3. The lowest BCUT2D eigenvalue weighted by Crippen LogP contribution is -2.49. The minimum Gasteiger partial charge on any atom is -0.394 e. The highest BCUT2D eigenvalue weighted by molar-refractivity contribution is 5.92. The molecule has 6 heteroatoms. The first-order valence-corrected chi connectivity index (χ1v) is 7.16. The maximum Gasteiger partial charge on any atom is 0.246 e. The molecule has 21 heavy (non-hydrogen) atoms. The van der Waals surface area contributed by atoms with Crippen molar-refractivity contribution in [3.05, 3.63) is 23.0 Å². The van der Waals surface area contributed by atoms with E-state index >= 15 is 0 Å². The zero-order valence-corrected chi connectivity index (χ0v) is 13.0. The maximum absolute atomic E-state index is 12.3. The number of morpholine rings is 1. The number of aliphatic hydroxyl groups excluding tert-OH is 1. The Balaban J connectivity index is 2.08. The summed E-state index contributed by atoms with van der Waals surface area (Å²) < 4.78 is 7.34. The molecule has 6 nitrogen and oxygen atoms in total. The van der Waals surface area contributed by atoms with E-state index < -0.39 is 0 Å². The fraction of sp³-hybridized carbons (Fsp3) is 0.600. The van der Waals surface area contributed by atoms with E-state index in [0.717, 1.165) is 17.0 Å². The summed E-state index contributed by atoms with van der Waals surface area (Å²) in [5, 5.41) is 13.5. The highest BCUT2D eigenvalue weighted by Gasteiger charge is 2.26. The number of hydrogen-bond donors (Lipinski definition) is 1. The van der Waals surface area contributed by atoms with Crippen molar-refractivity contribution in [3.63, 3.8) is 0 Å². The number of aliphatic hydroxyl groups is 1. The molecule has 0 aromatic carbocycles. The molecule has 1 aliphatic heterocycles. The normalized spacial score (nSPS) is 23.0.